The highest BCUT2D eigenvalue weighted by atomic mass is 35.5. The van der Waals surface area contributed by atoms with Gasteiger partial charge >= 0.3 is 0 Å². The predicted octanol–water partition coefficient (Wildman–Crippen LogP) is 9.81. The Kier molecular flexibility index (Phi) is 8.85. The third-order valence-electron chi connectivity index (χ3n) is 8.14. The van der Waals surface area contributed by atoms with Crippen LogP contribution in [-0.2, 0) is 4.87 Å². The van der Waals surface area contributed by atoms with Crippen molar-refractivity contribution < 1.29 is 0 Å². The molecule has 0 fully saturated rings. The second kappa shape index (κ2) is 12.7. The van der Waals surface area contributed by atoms with Crippen molar-refractivity contribution >= 4 is 45.1 Å². The van der Waals surface area contributed by atoms with Gasteiger partial charge in [0.15, 0.2) is 0 Å². The summed E-state index contributed by atoms with van der Waals surface area (Å²) >= 11 is 7.96. The predicted molar refractivity (Wildman–Crippen MR) is 179 cm³/mol. The van der Waals surface area contributed by atoms with E-state index in [0.29, 0.717) is 0 Å². The minimum Gasteiger partial charge on any atom is -0.372 e. The summed E-state index contributed by atoms with van der Waals surface area (Å²) in [5, 5.41) is 5.88. The van der Waals surface area contributed by atoms with E-state index >= 15 is 0 Å². The number of benzene rings is 5. The fourth-order valence-corrected chi connectivity index (χ4v) is 6.26. The highest BCUT2D eigenvalue weighted by Gasteiger charge is 2.36. The van der Waals surface area contributed by atoms with Gasteiger partial charge in [0.25, 0.3) is 0 Å². The van der Waals surface area contributed by atoms with Crippen molar-refractivity contribution in [2.75, 3.05) is 41.3 Å². The molecule has 210 valence electrons. The van der Waals surface area contributed by atoms with Gasteiger partial charge in [-0.2, -0.15) is 0 Å². The Hall–Kier alpha value is -3.95. The molecule has 0 aliphatic heterocycles. The van der Waals surface area contributed by atoms with Gasteiger partial charge in [-0.15, -0.1) is 11.6 Å². The van der Waals surface area contributed by atoms with E-state index < -0.39 is 4.87 Å². The molecule has 5 aromatic carbocycles. The fraction of sp³-hybridized carbons (Fsp3) is 0.243. The Balaban J connectivity index is 1.68. The molecule has 0 aliphatic carbocycles. The first-order valence-electron chi connectivity index (χ1n) is 14.8. The minimum absolute atomic E-state index is 0.880. The van der Waals surface area contributed by atoms with Gasteiger partial charge in [0, 0.05) is 54.3 Å². The van der Waals surface area contributed by atoms with E-state index in [0.717, 1.165) is 65.0 Å². The number of hydrogen-bond acceptors (Lipinski definition) is 3. The summed E-state index contributed by atoms with van der Waals surface area (Å²) in [6.45, 7) is 12.6. The van der Waals surface area contributed by atoms with Crippen LogP contribution in [0.4, 0.5) is 22.7 Å². The van der Waals surface area contributed by atoms with Gasteiger partial charge < -0.3 is 15.1 Å². The largest absolute Gasteiger partial charge is 0.372 e. The lowest BCUT2D eigenvalue weighted by atomic mass is 9.81. The topological polar surface area (TPSA) is 18.5 Å². The molecule has 41 heavy (non-hydrogen) atoms. The zero-order valence-electron chi connectivity index (χ0n) is 24.6. The van der Waals surface area contributed by atoms with Crippen molar-refractivity contribution in [3.63, 3.8) is 0 Å². The molecule has 5 aromatic rings. The van der Waals surface area contributed by atoms with Gasteiger partial charge in [-0.25, -0.2) is 0 Å². The lowest BCUT2D eigenvalue weighted by molar-refractivity contribution is 0.854. The highest BCUT2D eigenvalue weighted by Crippen LogP contribution is 2.47. The average molecular weight is 562 g/mol. The number of alkyl halides is 1. The van der Waals surface area contributed by atoms with Crippen LogP contribution >= 0.6 is 11.6 Å². The van der Waals surface area contributed by atoms with E-state index in [1.165, 1.54) is 11.4 Å². The van der Waals surface area contributed by atoms with Gasteiger partial charge in [-0.1, -0.05) is 72.8 Å². The second-order valence-electron chi connectivity index (χ2n) is 10.3. The summed E-state index contributed by atoms with van der Waals surface area (Å²) in [4.78, 5) is 3.84. The van der Waals surface area contributed by atoms with Gasteiger partial charge in [-0.05, 0) is 92.2 Å². The van der Waals surface area contributed by atoms with Crippen LogP contribution in [0.25, 0.3) is 10.8 Å². The third kappa shape index (κ3) is 5.64. The van der Waals surface area contributed by atoms with E-state index in [2.05, 4.69) is 140 Å². The molecule has 0 aliphatic rings. The minimum atomic E-state index is -0.880. The number of hydrogen-bond donors (Lipinski definition) is 1. The molecule has 1 N–H and O–H groups in total. The Labute approximate surface area is 250 Å². The molecule has 0 atom stereocenters. The van der Waals surface area contributed by atoms with Crippen LogP contribution in [0.3, 0.4) is 0 Å². The Bertz CT molecular complexity index is 1500. The Morgan fingerprint density at radius 2 is 1.00 bits per heavy atom. The van der Waals surface area contributed by atoms with Crippen LogP contribution in [0, 0.1) is 0 Å². The molecule has 5 rings (SSSR count). The molecular formula is C37H40ClN3. The van der Waals surface area contributed by atoms with Crippen molar-refractivity contribution in [2.24, 2.45) is 0 Å². The fourth-order valence-electron chi connectivity index (χ4n) is 5.84. The van der Waals surface area contributed by atoms with Crippen LogP contribution in [0.1, 0.15) is 44.4 Å². The number of fused-ring (bicyclic) bond motifs is 1. The maximum atomic E-state index is 7.96. The monoisotopic (exact) mass is 561 g/mol. The average Bonchev–Trinajstić information content (AvgIpc) is 3.03. The molecule has 0 radical (unpaired) electrons. The molecule has 0 amide bonds. The van der Waals surface area contributed by atoms with Gasteiger partial charge in [-0.3, -0.25) is 0 Å². The van der Waals surface area contributed by atoms with Crippen molar-refractivity contribution in [3.05, 3.63) is 132 Å². The van der Waals surface area contributed by atoms with E-state index in [9.17, 15) is 0 Å². The van der Waals surface area contributed by atoms with Crippen LogP contribution in [0.2, 0.25) is 0 Å². The molecule has 0 spiro atoms. The summed E-state index contributed by atoms with van der Waals surface area (Å²) in [7, 11) is 0. The summed E-state index contributed by atoms with van der Waals surface area (Å²) in [5.74, 6) is 0. The standard InChI is InChI=1S/C37H40ClN3/c1-5-40(6-2)31-22-18-28(19-23-31)37(38,29-20-24-32(25-21-29)41(7-3)8-4)35-26-27-36(34-17-13-12-16-33(34)35)39-30-14-10-9-11-15-30/h9-27,39H,5-8H2,1-4H3. The molecule has 4 heteroatoms. The molecule has 0 unspecified atom stereocenters. The SMILES string of the molecule is CCN(CC)c1ccc(C(Cl)(c2ccc(N(CC)CC)cc2)c2ccc(Nc3ccccc3)c3ccccc23)cc1. The van der Waals surface area contributed by atoms with E-state index in [4.69, 9.17) is 11.6 Å². The summed E-state index contributed by atoms with van der Waals surface area (Å²) in [6, 6.07) is 40.8. The molecular weight excluding hydrogens is 522 g/mol. The van der Waals surface area contributed by atoms with Crippen LogP contribution < -0.4 is 15.1 Å². The number of anilines is 4. The van der Waals surface area contributed by atoms with Crippen LogP contribution in [-0.4, -0.2) is 26.2 Å². The van der Waals surface area contributed by atoms with Crippen molar-refractivity contribution in [1.29, 1.82) is 0 Å². The smallest absolute Gasteiger partial charge is 0.120 e. The molecule has 0 aromatic heterocycles. The second-order valence-corrected chi connectivity index (χ2v) is 10.9. The first-order chi connectivity index (χ1) is 20.0. The molecule has 0 heterocycles. The first kappa shape index (κ1) is 28.6. The quantitative estimate of drug-likeness (QED) is 0.128. The van der Waals surface area contributed by atoms with Crippen LogP contribution in [0.15, 0.2) is 115 Å². The number of rotatable bonds is 11. The Morgan fingerprint density at radius 1 is 0.537 bits per heavy atom. The third-order valence-corrected chi connectivity index (χ3v) is 8.78. The highest BCUT2D eigenvalue weighted by molar-refractivity contribution is 6.29. The molecule has 0 saturated carbocycles. The summed E-state index contributed by atoms with van der Waals surface area (Å²) < 4.78 is 0. The summed E-state index contributed by atoms with van der Waals surface area (Å²) in [6.07, 6.45) is 0. The van der Waals surface area contributed by atoms with E-state index in [1.807, 2.05) is 18.2 Å². The van der Waals surface area contributed by atoms with Gasteiger partial charge in [0.1, 0.15) is 4.87 Å². The lowest BCUT2D eigenvalue weighted by Crippen LogP contribution is -2.25. The number of nitrogens with one attached hydrogen (secondary N) is 1. The zero-order valence-corrected chi connectivity index (χ0v) is 25.3. The van der Waals surface area contributed by atoms with Crippen molar-refractivity contribution in [3.8, 4) is 0 Å². The van der Waals surface area contributed by atoms with E-state index in [-0.39, 0.29) is 0 Å². The zero-order chi connectivity index (χ0) is 28.8. The molecule has 3 nitrogen and oxygen atoms in total. The number of nitrogens with zero attached hydrogens (tertiary/aromatic N) is 2. The number of para-hydroxylation sites is 1. The van der Waals surface area contributed by atoms with Crippen molar-refractivity contribution in [2.45, 2.75) is 32.6 Å². The number of halogens is 1. The Morgan fingerprint density at radius 3 is 1.49 bits per heavy atom. The maximum absolute atomic E-state index is 7.96. The lowest BCUT2D eigenvalue weighted by Gasteiger charge is -2.32. The van der Waals surface area contributed by atoms with Gasteiger partial charge in [0.2, 0.25) is 0 Å². The molecule has 0 bridgehead atoms. The molecule has 0 saturated heterocycles. The first-order valence-corrected chi connectivity index (χ1v) is 15.1. The van der Waals surface area contributed by atoms with Crippen molar-refractivity contribution in [1.82, 2.24) is 0 Å². The maximum Gasteiger partial charge on any atom is 0.120 e. The van der Waals surface area contributed by atoms with Crippen LogP contribution in [0.5, 0.6) is 0 Å². The van der Waals surface area contributed by atoms with E-state index in [1.54, 1.807) is 0 Å². The normalized spacial score (nSPS) is 11.4. The van der Waals surface area contributed by atoms with Gasteiger partial charge in [0.05, 0.1) is 0 Å². The summed E-state index contributed by atoms with van der Waals surface area (Å²) in [5.41, 5.74) is 7.72.